The van der Waals surface area contributed by atoms with Gasteiger partial charge in [-0.1, -0.05) is 0 Å². The van der Waals surface area contributed by atoms with Crippen LogP contribution in [0.1, 0.15) is 89.9 Å². The van der Waals surface area contributed by atoms with Crippen molar-refractivity contribution in [2.24, 2.45) is 35.1 Å². The highest BCUT2D eigenvalue weighted by Crippen LogP contribution is 2.36. The molecule has 2 atom stereocenters. The van der Waals surface area contributed by atoms with Crippen molar-refractivity contribution in [1.82, 2.24) is 0 Å². The number of carbonyl (C=O) groups excluding carboxylic acids is 5. The molecule has 2 amide bonds. The summed E-state index contributed by atoms with van der Waals surface area (Å²) in [6.45, 7) is 0.823. The van der Waals surface area contributed by atoms with Gasteiger partial charge in [0.2, 0.25) is 0 Å². The van der Waals surface area contributed by atoms with Crippen LogP contribution in [0.3, 0.4) is 0 Å². The maximum atomic E-state index is 11.1. The van der Waals surface area contributed by atoms with Gasteiger partial charge in [-0.05, 0) is 75.0 Å². The van der Waals surface area contributed by atoms with Gasteiger partial charge in [-0.2, -0.15) is 0 Å². The maximum Gasteiger partial charge on any atom is 0.309 e. The van der Waals surface area contributed by atoms with Crippen molar-refractivity contribution in [2.75, 3.05) is 13.2 Å². The number of primary amides is 2. The van der Waals surface area contributed by atoms with Crippen LogP contribution in [0.25, 0.3) is 0 Å². The molecule has 2 unspecified atom stereocenters. The molecular formula is C26H44N2O11. The molecule has 39 heavy (non-hydrogen) atoms. The summed E-state index contributed by atoms with van der Waals surface area (Å²) in [7, 11) is 0. The highest BCUT2D eigenvalue weighted by Gasteiger charge is 2.29. The van der Waals surface area contributed by atoms with Gasteiger partial charge in [0.1, 0.15) is 11.6 Å². The zero-order chi connectivity index (χ0) is 29.6. The largest absolute Gasteiger partial charge is 0.483 e. The van der Waals surface area contributed by atoms with Gasteiger partial charge in [-0.15, -0.1) is 0 Å². The van der Waals surface area contributed by atoms with Crippen LogP contribution in [0, 0.1) is 23.7 Å². The summed E-state index contributed by atoms with van der Waals surface area (Å²) in [5, 5.41) is 18.9. The van der Waals surface area contributed by atoms with E-state index in [0.717, 1.165) is 88.9 Å². The molecular weight excluding hydrogens is 516 g/mol. The number of carboxylic acid groups (broad SMARTS) is 1. The van der Waals surface area contributed by atoms with Gasteiger partial charge in [0.05, 0.1) is 13.2 Å². The number of Topliss-reactive ketones (excluding diaryl/α,β-unsaturated/α-hetero) is 2. The number of amides is 2. The summed E-state index contributed by atoms with van der Waals surface area (Å²) >= 11 is 0. The SMILES string of the molecule is NC(N)=O.O=C1CCC(C2CCC(=O)CC2)CC1.O=C1CCC(C2CCOC(=O)CC2)CCO1.O=CO.OO. The first-order chi connectivity index (χ1) is 18.7. The molecule has 0 spiro atoms. The van der Waals surface area contributed by atoms with E-state index < -0.39 is 6.03 Å². The molecule has 13 heteroatoms. The Labute approximate surface area is 228 Å². The molecule has 2 heterocycles. The topological polar surface area (TPSA) is 234 Å². The van der Waals surface area contributed by atoms with Gasteiger partial charge < -0.3 is 26.0 Å². The van der Waals surface area contributed by atoms with Crippen LogP contribution in [0.5, 0.6) is 0 Å². The lowest BCUT2D eigenvalue weighted by molar-refractivity contribution is -0.176. The molecule has 4 fully saturated rings. The second-order valence-electron chi connectivity index (χ2n) is 9.88. The average Bonchev–Trinajstić information content (AvgIpc) is 3.26. The minimum absolute atomic E-state index is 0.0801. The minimum Gasteiger partial charge on any atom is -0.483 e. The Kier molecular flexibility index (Phi) is 20.1. The molecule has 224 valence electrons. The first kappa shape index (κ1) is 35.9. The molecule has 0 bridgehead atoms. The maximum absolute atomic E-state index is 11.1. The van der Waals surface area contributed by atoms with E-state index in [1.54, 1.807) is 0 Å². The fourth-order valence-electron chi connectivity index (χ4n) is 5.50. The minimum atomic E-state index is -0.833. The summed E-state index contributed by atoms with van der Waals surface area (Å²) in [5.41, 5.74) is 8.50. The summed E-state index contributed by atoms with van der Waals surface area (Å²) in [4.78, 5) is 61.8. The molecule has 0 radical (unpaired) electrons. The second kappa shape index (κ2) is 21.8. The molecule has 2 aliphatic carbocycles. The van der Waals surface area contributed by atoms with E-state index in [9.17, 15) is 19.2 Å². The predicted octanol–water partition coefficient (Wildman–Crippen LogP) is 2.92. The smallest absolute Gasteiger partial charge is 0.309 e. The van der Waals surface area contributed by atoms with Gasteiger partial charge in [-0.25, -0.2) is 4.79 Å². The second-order valence-corrected chi connectivity index (χ2v) is 9.88. The Balaban J connectivity index is 0.000000573. The fourth-order valence-corrected chi connectivity index (χ4v) is 5.50. The van der Waals surface area contributed by atoms with Crippen molar-refractivity contribution in [3.8, 4) is 0 Å². The van der Waals surface area contributed by atoms with Crippen LogP contribution < -0.4 is 11.5 Å². The first-order valence-corrected chi connectivity index (χ1v) is 13.3. The van der Waals surface area contributed by atoms with Gasteiger partial charge in [-0.3, -0.25) is 34.5 Å². The number of urea groups is 1. The highest BCUT2D eigenvalue weighted by atomic mass is 17.0. The van der Waals surface area contributed by atoms with Crippen molar-refractivity contribution in [3.63, 3.8) is 0 Å². The third-order valence-electron chi connectivity index (χ3n) is 7.45. The summed E-state index contributed by atoms with van der Waals surface area (Å²) in [6, 6.07) is -0.833. The zero-order valence-electron chi connectivity index (χ0n) is 22.5. The zero-order valence-corrected chi connectivity index (χ0v) is 22.5. The number of rotatable bonds is 2. The molecule has 2 saturated heterocycles. The van der Waals surface area contributed by atoms with E-state index >= 15 is 0 Å². The summed E-state index contributed by atoms with van der Waals surface area (Å²) < 4.78 is 10.1. The monoisotopic (exact) mass is 560 g/mol. The van der Waals surface area contributed by atoms with Gasteiger partial charge >= 0.3 is 18.0 Å². The van der Waals surface area contributed by atoms with Crippen molar-refractivity contribution in [2.45, 2.75) is 89.9 Å². The van der Waals surface area contributed by atoms with Crippen LogP contribution in [0.15, 0.2) is 0 Å². The Morgan fingerprint density at radius 2 is 0.846 bits per heavy atom. The number of esters is 2. The third-order valence-corrected chi connectivity index (χ3v) is 7.45. The van der Waals surface area contributed by atoms with E-state index in [4.69, 9.17) is 34.7 Å². The molecule has 4 rings (SSSR count). The van der Waals surface area contributed by atoms with Crippen LogP contribution in [0.2, 0.25) is 0 Å². The van der Waals surface area contributed by atoms with Crippen molar-refractivity contribution >= 4 is 36.0 Å². The quantitative estimate of drug-likeness (QED) is 0.142. The third kappa shape index (κ3) is 17.2. The Bertz CT molecular complexity index is 697. The van der Waals surface area contributed by atoms with E-state index in [1.165, 1.54) is 0 Å². The number of ketones is 2. The van der Waals surface area contributed by atoms with Crippen LogP contribution in [-0.2, 0) is 33.4 Å². The molecule has 0 aromatic rings. The standard InChI is InChI=1S/C12H18O4.C12H18O2.CH4N2O.CH2O2.H2O2/c13-11-3-1-9(5-7-15-11)10-2-4-12(14)16-8-6-10;13-11-5-1-9(2-6-11)10-3-7-12(14)8-4-10;2-1(3)4;2-1-3;1-2/h9-10H,1-8H2;9-10H,1-8H2;(H4,2,3,4);1H,(H,2,3);1-2H. The Hall–Kier alpha value is -3.06. The van der Waals surface area contributed by atoms with E-state index in [2.05, 4.69) is 11.5 Å². The van der Waals surface area contributed by atoms with Gasteiger partial charge in [0, 0.05) is 38.5 Å². The molecule has 2 aliphatic heterocycles. The lowest BCUT2D eigenvalue weighted by Crippen LogP contribution is -2.25. The summed E-state index contributed by atoms with van der Waals surface area (Å²) in [5.74, 6) is 3.22. The lowest BCUT2D eigenvalue weighted by atomic mass is 9.73. The van der Waals surface area contributed by atoms with E-state index in [-0.39, 0.29) is 18.4 Å². The van der Waals surface area contributed by atoms with E-state index in [1.807, 2.05) is 0 Å². The number of carbonyl (C=O) groups is 6. The number of hydrogen-bond acceptors (Lipinski definition) is 10. The molecule has 4 aliphatic rings. The highest BCUT2D eigenvalue weighted by molar-refractivity contribution is 5.79. The van der Waals surface area contributed by atoms with E-state index in [0.29, 0.717) is 49.5 Å². The number of cyclic esters (lactones) is 2. The molecule has 13 nitrogen and oxygen atoms in total. The average molecular weight is 561 g/mol. The first-order valence-electron chi connectivity index (χ1n) is 13.3. The van der Waals surface area contributed by atoms with Gasteiger partial charge in [0.25, 0.3) is 6.47 Å². The summed E-state index contributed by atoms with van der Waals surface area (Å²) in [6.07, 6.45) is 12.2. The van der Waals surface area contributed by atoms with Crippen LogP contribution in [-0.4, -0.2) is 64.8 Å². The molecule has 2 saturated carbocycles. The van der Waals surface area contributed by atoms with Crippen molar-refractivity contribution < 1.29 is 53.9 Å². The lowest BCUT2D eigenvalue weighted by Gasteiger charge is -2.31. The van der Waals surface area contributed by atoms with Crippen molar-refractivity contribution in [1.29, 1.82) is 0 Å². The Morgan fingerprint density at radius 1 is 0.615 bits per heavy atom. The fraction of sp³-hybridized carbons (Fsp3) is 0.769. The number of hydrogen-bond donors (Lipinski definition) is 5. The number of ether oxygens (including phenoxy) is 2. The van der Waals surface area contributed by atoms with Crippen LogP contribution in [0.4, 0.5) is 4.79 Å². The molecule has 0 aromatic heterocycles. The van der Waals surface area contributed by atoms with Crippen LogP contribution >= 0.6 is 0 Å². The molecule has 7 N–H and O–H groups in total. The predicted molar refractivity (Wildman–Crippen MR) is 138 cm³/mol. The Morgan fingerprint density at radius 3 is 1.13 bits per heavy atom. The van der Waals surface area contributed by atoms with Crippen molar-refractivity contribution in [3.05, 3.63) is 0 Å². The number of nitrogens with two attached hydrogens (primary N) is 2. The molecule has 0 aromatic carbocycles. The van der Waals surface area contributed by atoms with Gasteiger partial charge in [0.15, 0.2) is 0 Å². The normalized spacial score (nSPS) is 23.9.